The lowest BCUT2D eigenvalue weighted by Crippen LogP contribution is -2.00. The van der Waals surface area contributed by atoms with Crippen LogP contribution in [-0.4, -0.2) is 10.8 Å². The van der Waals surface area contributed by atoms with Crippen molar-refractivity contribution in [3.63, 3.8) is 0 Å². The Bertz CT molecular complexity index is 697. The first-order valence-corrected chi connectivity index (χ1v) is 6.47. The van der Waals surface area contributed by atoms with Crippen molar-refractivity contribution in [3.05, 3.63) is 71.9 Å². The highest BCUT2D eigenvalue weighted by Gasteiger charge is 2.05. The van der Waals surface area contributed by atoms with Crippen LogP contribution in [0.2, 0.25) is 0 Å². The summed E-state index contributed by atoms with van der Waals surface area (Å²) in [5, 5.41) is 1.20. The molecule has 0 saturated carbocycles. The number of carbonyl (C=O) groups excluding carboxylic acids is 1. The fourth-order valence-electron chi connectivity index (χ4n) is 2.28. The van der Waals surface area contributed by atoms with E-state index in [1.807, 2.05) is 36.5 Å². The molecule has 0 atom stereocenters. The Balaban J connectivity index is 1.70. The van der Waals surface area contributed by atoms with Gasteiger partial charge in [-0.3, -0.25) is 4.79 Å². The quantitative estimate of drug-likeness (QED) is 0.697. The van der Waals surface area contributed by atoms with Gasteiger partial charge in [0.2, 0.25) is 0 Å². The van der Waals surface area contributed by atoms with Crippen LogP contribution in [-0.2, 0) is 6.42 Å². The van der Waals surface area contributed by atoms with Gasteiger partial charge in [-0.1, -0.05) is 36.4 Å². The Morgan fingerprint density at radius 2 is 1.84 bits per heavy atom. The van der Waals surface area contributed by atoms with E-state index in [9.17, 15) is 4.79 Å². The Kier molecular flexibility index (Phi) is 3.15. The van der Waals surface area contributed by atoms with Gasteiger partial charge in [0.15, 0.2) is 5.78 Å². The van der Waals surface area contributed by atoms with E-state index in [0.717, 1.165) is 17.5 Å². The number of H-pyrrole nitrogens is 1. The lowest BCUT2D eigenvalue weighted by molar-refractivity contribution is 0.0983. The van der Waals surface area contributed by atoms with Crippen molar-refractivity contribution >= 4 is 16.7 Å². The summed E-state index contributed by atoms with van der Waals surface area (Å²) in [4.78, 5) is 15.2. The maximum atomic E-state index is 12.0. The van der Waals surface area contributed by atoms with Gasteiger partial charge in [-0.25, -0.2) is 0 Å². The fourth-order valence-corrected chi connectivity index (χ4v) is 2.28. The first-order valence-electron chi connectivity index (χ1n) is 6.47. The molecule has 94 valence electrons. The van der Waals surface area contributed by atoms with Crippen molar-refractivity contribution in [1.29, 1.82) is 0 Å². The topological polar surface area (TPSA) is 32.9 Å². The molecule has 1 N–H and O–H groups in total. The molecule has 0 aliphatic rings. The number of aromatic nitrogens is 1. The molecule has 3 aromatic rings. The molecule has 2 aromatic carbocycles. The third-order valence-corrected chi connectivity index (χ3v) is 3.35. The van der Waals surface area contributed by atoms with Gasteiger partial charge in [0.1, 0.15) is 0 Å². The minimum Gasteiger partial charge on any atom is -0.361 e. The maximum absolute atomic E-state index is 12.0. The van der Waals surface area contributed by atoms with E-state index < -0.39 is 0 Å². The van der Waals surface area contributed by atoms with E-state index in [2.05, 4.69) is 29.2 Å². The van der Waals surface area contributed by atoms with Crippen LogP contribution in [0.15, 0.2) is 60.8 Å². The number of hydrogen-bond donors (Lipinski definition) is 1. The van der Waals surface area contributed by atoms with Crippen LogP contribution in [0.3, 0.4) is 0 Å². The number of carbonyl (C=O) groups is 1. The van der Waals surface area contributed by atoms with Crippen molar-refractivity contribution in [2.45, 2.75) is 12.8 Å². The zero-order valence-corrected chi connectivity index (χ0v) is 10.6. The molecule has 0 amide bonds. The highest BCUT2D eigenvalue weighted by molar-refractivity contribution is 5.96. The van der Waals surface area contributed by atoms with Gasteiger partial charge in [0.05, 0.1) is 0 Å². The van der Waals surface area contributed by atoms with Crippen molar-refractivity contribution < 1.29 is 4.79 Å². The van der Waals surface area contributed by atoms with Gasteiger partial charge in [-0.2, -0.15) is 0 Å². The number of aryl methyl sites for hydroxylation is 1. The predicted octanol–water partition coefficient (Wildman–Crippen LogP) is 3.98. The highest BCUT2D eigenvalue weighted by Crippen LogP contribution is 2.16. The van der Waals surface area contributed by atoms with Gasteiger partial charge in [0, 0.05) is 23.7 Å². The summed E-state index contributed by atoms with van der Waals surface area (Å²) in [6, 6.07) is 17.8. The molecule has 0 spiro atoms. The summed E-state index contributed by atoms with van der Waals surface area (Å²) in [7, 11) is 0. The molecule has 0 aliphatic carbocycles. The second-order valence-electron chi connectivity index (χ2n) is 4.69. The average Bonchev–Trinajstić information content (AvgIpc) is 2.93. The lowest BCUT2D eigenvalue weighted by atomic mass is 10.0. The Morgan fingerprint density at radius 1 is 1.00 bits per heavy atom. The number of aromatic amines is 1. The summed E-state index contributed by atoms with van der Waals surface area (Å²) in [5.41, 5.74) is 3.14. The smallest absolute Gasteiger partial charge is 0.163 e. The van der Waals surface area contributed by atoms with E-state index >= 15 is 0 Å². The Labute approximate surface area is 112 Å². The average molecular weight is 249 g/mol. The van der Waals surface area contributed by atoms with Crippen molar-refractivity contribution in [2.24, 2.45) is 0 Å². The van der Waals surface area contributed by atoms with E-state index in [1.165, 1.54) is 10.9 Å². The second-order valence-corrected chi connectivity index (χ2v) is 4.69. The molecule has 0 aliphatic heterocycles. The van der Waals surface area contributed by atoms with Gasteiger partial charge >= 0.3 is 0 Å². The number of Topliss-reactive ketones (excluding diaryl/α,β-unsaturated/α-hetero) is 1. The van der Waals surface area contributed by atoms with Crippen LogP contribution in [0.25, 0.3) is 10.9 Å². The molecular weight excluding hydrogens is 234 g/mol. The summed E-state index contributed by atoms with van der Waals surface area (Å²) in [6.45, 7) is 0. The van der Waals surface area contributed by atoms with E-state index in [1.54, 1.807) is 0 Å². The minimum atomic E-state index is 0.203. The van der Waals surface area contributed by atoms with Gasteiger partial charge in [-0.15, -0.1) is 0 Å². The van der Waals surface area contributed by atoms with Crippen LogP contribution in [0.5, 0.6) is 0 Å². The normalized spacial score (nSPS) is 10.7. The first kappa shape index (κ1) is 11.7. The van der Waals surface area contributed by atoms with Gasteiger partial charge in [0.25, 0.3) is 0 Å². The maximum Gasteiger partial charge on any atom is 0.163 e. The Hall–Kier alpha value is -2.35. The van der Waals surface area contributed by atoms with E-state index in [4.69, 9.17) is 0 Å². The third kappa shape index (κ3) is 2.58. The van der Waals surface area contributed by atoms with Gasteiger partial charge < -0.3 is 4.98 Å². The van der Waals surface area contributed by atoms with Crippen LogP contribution in [0, 0.1) is 0 Å². The molecule has 0 fully saturated rings. The molecule has 2 heteroatoms. The molecule has 0 radical (unpaired) electrons. The number of ketones is 1. The summed E-state index contributed by atoms with van der Waals surface area (Å²) >= 11 is 0. The van der Waals surface area contributed by atoms with E-state index in [-0.39, 0.29) is 5.78 Å². The largest absolute Gasteiger partial charge is 0.361 e. The monoisotopic (exact) mass is 249 g/mol. The number of rotatable bonds is 4. The summed E-state index contributed by atoms with van der Waals surface area (Å²) in [6.07, 6.45) is 3.28. The standard InChI is InChI=1S/C17H15NO/c19-17(14-4-2-1-3-5-14)9-7-13-6-8-16-15(12-13)10-11-18-16/h1-6,8,10-12,18H,7,9H2. The van der Waals surface area contributed by atoms with Crippen LogP contribution < -0.4 is 0 Å². The third-order valence-electron chi connectivity index (χ3n) is 3.35. The minimum absolute atomic E-state index is 0.203. The van der Waals surface area contributed by atoms with Crippen LogP contribution in [0.1, 0.15) is 22.3 Å². The SMILES string of the molecule is O=C(CCc1ccc2[nH]ccc2c1)c1ccccc1. The molecular formula is C17H15NO. The number of benzene rings is 2. The number of hydrogen-bond acceptors (Lipinski definition) is 1. The molecule has 1 heterocycles. The first-order chi connectivity index (χ1) is 9.33. The number of fused-ring (bicyclic) bond motifs is 1. The van der Waals surface area contributed by atoms with Crippen molar-refractivity contribution in [3.8, 4) is 0 Å². The molecule has 0 unspecified atom stereocenters. The van der Waals surface area contributed by atoms with Crippen LogP contribution >= 0.6 is 0 Å². The zero-order valence-electron chi connectivity index (χ0n) is 10.6. The lowest BCUT2D eigenvalue weighted by Gasteiger charge is -2.02. The molecule has 2 nitrogen and oxygen atoms in total. The summed E-state index contributed by atoms with van der Waals surface area (Å²) in [5.74, 6) is 0.203. The van der Waals surface area contributed by atoms with E-state index in [0.29, 0.717) is 6.42 Å². The second kappa shape index (κ2) is 5.11. The summed E-state index contributed by atoms with van der Waals surface area (Å²) < 4.78 is 0. The van der Waals surface area contributed by atoms with Crippen LogP contribution in [0.4, 0.5) is 0 Å². The molecule has 0 saturated heterocycles. The molecule has 0 bridgehead atoms. The molecule has 19 heavy (non-hydrogen) atoms. The fraction of sp³-hybridized carbons (Fsp3) is 0.118. The Morgan fingerprint density at radius 3 is 2.68 bits per heavy atom. The molecule has 1 aromatic heterocycles. The number of nitrogens with one attached hydrogen (secondary N) is 1. The predicted molar refractivity (Wildman–Crippen MR) is 77.4 cm³/mol. The molecule has 3 rings (SSSR count). The van der Waals surface area contributed by atoms with Gasteiger partial charge in [-0.05, 0) is 35.6 Å². The van der Waals surface area contributed by atoms with Crippen molar-refractivity contribution in [1.82, 2.24) is 4.98 Å². The van der Waals surface area contributed by atoms with Crippen molar-refractivity contribution in [2.75, 3.05) is 0 Å². The zero-order chi connectivity index (χ0) is 13.1. The highest BCUT2D eigenvalue weighted by atomic mass is 16.1.